The number of benzene rings is 1. The van der Waals surface area contributed by atoms with Gasteiger partial charge in [0.05, 0.1) is 5.69 Å². The van der Waals surface area contributed by atoms with E-state index in [-0.39, 0.29) is 28.8 Å². The first-order valence-corrected chi connectivity index (χ1v) is 6.02. The molecule has 0 bridgehead atoms. The van der Waals surface area contributed by atoms with Crippen LogP contribution in [-0.2, 0) is 0 Å². The fourth-order valence-electron chi connectivity index (χ4n) is 1.64. The van der Waals surface area contributed by atoms with Gasteiger partial charge in [-0.15, -0.1) is 0 Å². The summed E-state index contributed by atoms with van der Waals surface area (Å²) < 4.78 is 13.9. The largest absolute Gasteiger partial charge is 0.382 e. The molecule has 0 atom stereocenters. The number of hydrogen-bond acceptors (Lipinski definition) is 5. The van der Waals surface area contributed by atoms with Crippen LogP contribution in [0.5, 0.6) is 0 Å². The Morgan fingerprint density at radius 2 is 2.00 bits per heavy atom. The standard InChI is InChI=1S/C12H9BrFN5/c1-5-2-6(8(13)3-9(5)14)10-7(4-15)11(16)19-12(17)18-10/h2-3H,1H3,(H4,16,17,18,19). The maximum Gasteiger partial charge on any atom is 0.222 e. The third-order valence-corrected chi connectivity index (χ3v) is 3.23. The zero-order valence-corrected chi connectivity index (χ0v) is 11.5. The number of halogens is 2. The van der Waals surface area contributed by atoms with Crippen LogP contribution < -0.4 is 11.5 Å². The molecular formula is C12H9BrFN5. The van der Waals surface area contributed by atoms with Crippen LogP contribution in [0.2, 0.25) is 0 Å². The maximum absolute atomic E-state index is 13.4. The van der Waals surface area contributed by atoms with Crippen molar-refractivity contribution in [3.63, 3.8) is 0 Å². The first kappa shape index (κ1) is 13.2. The number of anilines is 2. The van der Waals surface area contributed by atoms with Gasteiger partial charge in [-0.25, -0.2) is 9.37 Å². The number of nitrogens with zero attached hydrogens (tertiary/aromatic N) is 3. The van der Waals surface area contributed by atoms with Gasteiger partial charge in [0.2, 0.25) is 5.95 Å². The summed E-state index contributed by atoms with van der Waals surface area (Å²) in [5.74, 6) is -0.400. The maximum atomic E-state index is 13.4. The lowest BCUT2D eigenvalue weighted by molar-refractivity contribution is 0.618. The Kier molecular flexibility index (Phi) is 3.36. The molecule has 96 valence electrons. The fourth-order valence-corrected chi connectivity index (χ4v) is 2.14. The minimum atomic E-state index is -0.357. The summed E-state index contributed by atoms with van der Waals surface area (Å²) in [4.78, 5) is 7.75. The van der Waals surface area contributed by atoms with Crippen LogP contribution in [0.4, 0.5) is 16.2 Å². The van der Waals surface area contributed by atoms with E-state index >= 15 is 0 Å². The Morgan fingerprint density at radius 3 is 2.63 bits per heavy atom. The lowest BCUT2D eigenvalue weighted by atomic mass is 10.0. The number of rotatable bonds is 1. The van der Waals surface area contributed by atoms with Crippen molar-refractivity contribution in [1.82, 2.24) is 9.97 Å². The van der Waals surface area contributed by atoms with E-state index in [0.29, 0.717) is 15.6 Å². The molecule has 0 aliphatic heterocycles. The SMILES string of the molecule is Cc1cc(-c2nc(N)nc(N)c2C#N)c(Br)cc1F. The van der Waals surface area contributed by atoms with Crippen LogP contribution in [0.15, 0.2) is 16.6 Å². The molecule has 0 saturated carbocycles. The fraction of sp³-hybridized carbons (Fsp3) is 0.0833. The third kappa shape index (κ3) is 2.35. The molecular weight excluding hydrogens is 313 g/mol. The van der Waals surface area contributed by atoms with Crippen molar-refractivity contribution >= 4 is 27.7 Å². The van der Waals surface area contributed by atoms with Crippen LogP contribution in [0.3, 0.4) is 0 Å². The van der Waals surface area contributed by atoms with Crippen molar-refractivity contribution in [1.29, 1.82) is 5.26 Å². The predicted molar refractivity (Wildman–Crippen MR) is 73.4 cm³/mol. The summed E-state index contributed by atoms with van der Waals surface area (Å²) in [5, 5.41) is 9.13. The molecule has 1 aromatic carbocycles. The number of nitriles is 1. The Morgan fingerprint density at radius 1 is 1.32 bits per heavy atom. The lowest BCUT2D eigenvalue weighted by Gasteiger charge is -2.10. The molecule has 0 radical (unpaired) electrons. The summed E-state index contributed by atoms with van der Waals surface area (Å²) in [5.41, 5.74) is 12.5. The van der Waals surface area contributed by atoms with E-state index in [2.05, 4.69) is 25.9 Å². The second-order valence-electron chi connectivity index (χ2n) is 3.88. The minimum absolute atomic E-state index is 0.00104. The highest BCUT2D eigenvalue weighted by Crippen LogP contribution is 2.33. The van der Waals surface area contributed by atoms with E-state index in [9.17, 15) is 4.39 Å². The number of aryl methyl sites for hydroxylation is 1. The zero-order valence-electron chi connectivity index (χ0n) is 9.91. The van der Waals surface area contributed by atoms with Crippen molar-refractivity contribution < 1.29 is 4.39 Å². The molecule has 0 amide bonds. The third-order valence-electron chi connectivity index (χ3n) is 2.57. The monoisotopic (exact) mass is 321 g/mol. The Balaban J connectivity index is 2.79. The van der Waals surface area contributed by atoms with Crippen molar-refractivity contribution in [3.8, 4) is 17.3 Å². The molecule has 4 N–H and O–H groups in total. The quantitative estimate of drug-likeness (QED) is 0.839. The van der Waals surface area contributed by atoms with E-state index in [0.717, 1.165) is 0 Å². The summed E-state index contributed by atoms with van der Waals surface area (Å²) in [7, 11) is 0. The van der Waals surface area contributed by atoms with Gasteiger partial charge in [-0.05, 0) is 40.5 Å². The number of nitrogen functional groups attached to an aromatic ring is 2. The topological polar surface area (TPSA) is 102 Å². The molecule has 19 heavy (non-hydrogen) atoms. The van der Waals surface area contributed by atoms with Gasteiger partial charge in [-0.3, -0.25) is 0 Å². The summed E-state index contributed by atoms with van der Waals surface area (Å²) in [6, 6.07) is 4.81. The highest BCUT2D eigenvalue weighted by molar-refractivity contribution is 9.10. The van der Waals surface area contributed by atoms with Gasteiger partial charge in [0.15, 0.2) is 0 Å². The number of aromatic nitrogens is 2. The van der Waals surface area contributed by atoms with Crippen molar-refractivity contribution in [2.45, 2.75) is 6.92 Å². The second kappa shape index (κ2) is 4.82. The van der Waals surface area contributed by atoms with Gasteiger partial charge in [-0.2, -0.15) is 10.2 Å². The second-order valence-corrected chi connectivity index (χ2v) is 4.74. The molecule has 0 unspecified atom stereocenters. The van der Waals surface area contributed by atoms with Crippen LogP contribution in [0.1, 0.15) is 11.1 Å². The number of hydrogen-bond donors (Lipinski definition) is 2. The van der Waals surface area contributed by atoms with E-state index in [1.54, 1.807) is 13.0 Å². The highest BCUT2D eigenvalue weighted by Gasteiger charge is 2.16. The highest BCUT2D eigenvalue weighted by atomic mass is 79.9. The van der Waals surface area contributed by atoms with Gasteiger partial charge in [-0.1, -0.05) is 0 Å². The summed E-state index contributed by atoms with van der Waals surface area (Å²) >= 11 is 3.24. The average molecular weight is 322 g/mol. The first-order chi connectivity index (χ1) is 8.93. The van der Waals surface area contributed by atoms with E-state index in [1.165, 1.54) is 6.07 Å². The molecule has 0 aliphatic rings. The van der Waals surface area contributed by atoms with Crippen LogP contribution in [-0.4, -0.2) is 9.97 Å². The molecule has 1 heterocycles. The smallest absolute Gasteiger partial charge is 0.222 e. The van der Waals surface area contributed by atoms with Crippen molar-refractivity contribution in [3.05, 3.63) is 33.5 Å². The van der Waals surface area contributed by atoms with Gasteiger partial charge < -0.3 is 11.5 Å². The minimum Gasteiger partial charge on any atom is -0.382 e. The molecule has 2 aromatic rings. The van der Waals surface area contributed by atoms with E-state index < -0.39 is 0 Å². The van der Waals surface area contributed by atoms with Gasteiger partial charge in [0, 0.05) is 10.0 Å². The molecule has 2 rings (SSSR count). The summed E-state index contributed by atoms with van der Waals surface area (Å²) in [6.45, 7) is 1.62. The molecule has 0 saturated heterocycles. The summed E-state index contributed by atoms with van der Waals surface area (Å²) in [6.07, 6.45) is 0. The Hall–Kier alpha value is -2.20. The predicted octanol–water partition coefficient (Wildman–Crippen LogP) is 2.39. The molecule has 0 fully saturated rings. The van der Waals surface area contributed by atoms with Gasteiger partial charge in [0.25, 0.3) is 0 Å². The van der Waals surface area contributed by atoms with E-state index in [1.807, 2.05) is 6.07 Å². The van der Waals surface area contributed by atoms with Crippen LogP contribution >= 0.6 is 15.9 Å². The van der Waals surface area contributed by atoms with Gasteiger partial charge in [0.1, 0.15) is 23.3 Å². The molecule has 7 heteroatoms. The van der Waals surface area contributed by atoms with Gasteiger partial charge >= 0.3 is 0 Å². The average Bonchev–Trinajstić information content (AvgIpc) is 2.33. The zero-order chi connectivity index (χ0) is 14.2. The Bertz CT molecular complexity index is 708. The van der Waals surface area contributed by atoms with Crippen molar-refractivity contribution in [2.24, 2.45) is 0 Å². The van der Waals surface area contributed by atoms with Crippen LogP contribution in [0.25, 0.3) is 11.3 Å². The van der Waals surface area contributed by atoms with Crippen LogP contribution in [0, 0.1) is 24.1 Å². The first-order valence-electron chi connectivity index (χ1n) is 5.23. The Labute approximate surface area is 117 Å². The molecule has 0 aliphatic carbocycles. The van der Waals surface area contributed by atoms with Crippen molar-refractivity contribution in [2.75, 3.05) is 11.5 Å². The molecule has 5 nitrogen and oxygen atoms in total. The molecule has 1 aromatic heterocycles. The molecule has 0 spiro atoms. The number of nitrogens with two attached hydrogens (primary N) is 2. The van der Waals surface area contributed by atoms with E-state index in [4.69, 9.17) is 16.7 Å². The lowest BCUT2D eigenvalue weighted by Crippen LogP contribution is -2.05. The normalized spacial score (nSPS) is 10.2.